The summed E-state index contributed by atoms with van der Waals surface area (Å²) in [5.74, 6) is 1.09. The molecule has 0 bridgehead atoms. The van der Waals surface area contributed by atoms with Crippen molar-refractivity contribution in [2.24, 2.45) is 0 Å². The topological polar surface area (TPSA) is 41.1 Å². The average molecular weight is 797 g/mol. The lowest BCUT2D eigenvalue weighted by atomic mass is 9.98. The van der Waals surface area contributed by atoms with Gasteiger partial charge in [-0.05, 0) is 123 Å². The molecule has 2 aliphatic rings. The third kappa shape index (κ3) is 6.25. The van der Waals surface area contributed by atoms with Crippen LogP contribution in [0.2, 0.25) is 0 Å². The van der Waals surface area contributed by atoms with Crippen molar-refractivity contribution >= 4 is 28.4 Å². The van der Waals surface area contributed by atoms with Crippen molar-refractivity contribution in [3.05, 3.63) is 151 Å². The Kier molecular flexibility index (Phi) is 9.90. The molecular formula is C45H45IN6. The van der Waals surface area contributed by atoms with E-state index >= 15 is 0 Å². The average Bonchev–Trinajstić information content (AvgIpc) is 3.81. The Morgan fingerprint density at radius 3 is 2.04 bits per heavy atom. The van der Waals surface area contributed by atoms with Crippen molar-refractivity contribution in [3.63, 3.8) is 0 Å². The SMILES string of the molecule is Cc1ccccc1-c1ccc2c(c1)N1c3ncccc3N(C(C)C)C1C2.Cc1ccccc1-c1cccc(-n2c[n+](C(C)C)c3cccnc32)c1.[I-]. The molecule has 0 spiro atoms. The van der Waals surface area contributed by atoms with E-state index in [1.54, 1.807) is 0 Å². The van der Waals surface area contributed by atoms with E-state index < -0.39 is 0 Å². The number of pyridine rings is 2. The highest BCUT2D eigenvalue weighted by Crippen LogP contribution is 2.50. The van der Waals surface area contributed by atoms with Crippen molar-refractivity contribution in [2.75, 3.05) is 9.80 Å². The van der Waals surface area contributed by atoms with E-state index in [2.05, 4.69) is 175 Å². The number of halogens is 1. The molecule has 3 aromatic heterocycles. The number of anilines is 3. The van der Waals surface area contributed by atoms with Crippen molar-refractivity contribution in [3.8, 4) is 27.9 Å². The summed E-state index contributed by atoms with van der Waals surface area (Å²) in [7, 11) is 0. The van der Waals surface area contributed by atoms with Gasteiger partial charge in [-0.15, -0.1) is 0 Å². The van der Waals surface area contributed by atoms with E-state index in [0.29, 0.717) is 18.2 Å². The van der Waals surface area contributed by atoms with Gasteiger partial charge in [-0.3, -0.25) is 0 Å². The highest BCUT2D eigenvalue weighted by molar-refractivity contribution is 5.87. The third-order valence-corrected chi connectivity index (χ3v) is 10.3. The molecule has 0 aliphatic carbocycles. The maximum atomic E-state index is 4.74. The van der Waals surface area contributed by atoms with Gasteiger partial charge in [0.25, 0.3) is 12.0 Å². The molecule has 262 valence electrons. The maximum absolute atomic E-state index is 4.74. The van der Waals surface area contributed by atoms with Gasteiger partial charge in [0.05, 0.1) is 11.7 Å². The first kappa shape index (κ1) is 35.4. The second-order valence-corrected chi connectivity index (χ2v) is 14.3. The molecule has 52 heavy (non-hydrogen) atoms. The molecule has 1 unspecified atom stereocenters. The van der Waals surface area contributed by atoms with Crippen molar-refractivity contribution < 1.29 is 28.5 Å². The fourth-order valence-electron chi connectivity index (χ4n) is 7.85. The molecule has 9 rings (SSSR count). The van der Waals surface area contributed by atoms with Crippen LogP contribution < -0.4 is 38.3 Å². The lowest BCUT2D eigenvalue weighted by molar-refractivity contribution is -0.691. The predicted molar refractivity (Wildman–Crippen MR) is 210 cm³/mol. The molecule has 0 amide bonds. The lowest BCUT2D eigenvalue weighted by Gasteiger charge is -2.30. The van der Waals surface area contributed by atoms with Gasteiger partial charge in [-0.25, -0.2) is 14.5 Å². The van der Waals surface area contributed by atoms with E-state index in [1.165, 1.54) is 50.3 Å². The Morgan fingerprint density at radius 1 is 0.673 bits per heavy atom. The number of fused-ring (bicyclic) bond motifs is 6. The Bertz CT molecular complexity index is 2380. The van der Waals surface area contributed by atoms with Crippen LogP contribution in [0.5, 0.6) is 0 Å². The first-order chi connectivity index (χ1) is 24.8. The second kappa shape index (κ2) is 14.5. The van der Waals surface area contributed by atoms with Crippen LogP contribution in [-0.2, 0) is 6.42 Å². The van der Waals surface area contributed by atoms with Gasteiger partial charge in [0.15, 0.2) is 11.3 Å². The van der Waals surface area contributed by atoms with E-state index in [9.17, 15) is 0 Å². The Hall–Kier alpha value is -5.02. The standard InChI is InChI=1S/C23H23N3.C22H22N3.HI/c1-15(2)25-20-9-6-12-24-23(20)26-21-13-17(10-11-18(21)14-22(25)26)19-8-5-4-7-16(19)3;1-16(2)24-15-25(22-21(24)12-7-13-23-22)19-10-6-9-18(14-19)20-11-5-4-8-17(20)3;/h4-13,15,22H,14H2,1-3H3;4-16H,1-3H3;1H/q;+1;/p-1. The number of rotatable bonds is 5. The van der Waals surface area contributed by atoms with Crippen molar-refractivity contribution in [1.82, 2.24) is 14.5 Å². The summed E-state index contributed by atoms with van der Waals surface area (Å²) < 4.78 is 4.44. The number of aromatic nitrogens is 4. The number of benzene rings is 4. The minimum Gasteiger partial charge on any atom is -1.00 e. The molecule has 7 heteroatoms. The molecule has 0 saturated heterocycles. The zero-order chi connectivity index (χ0) is 35.2. The maximum Gasteiger partial charge on any atom is 0.273 e. The highest BCUT2D eigenvalue weighted by Gasteiger charge is 2.44. The van der Waals surface area contributed by atoms with Crippen LogP contribution in [0, 0.1) is 13.8 Å². The Labute approximate surface area is 324 Å². The Morgan fingerprint density at radius 2 is 1.35 bits per heavy atom. The van der Waals surface area contributed by atoms with E-state index in [1.807, 2.05) is 24.5 Å². The third-order valence-electron chi connectivity index (χ3n) is 10.3. The molecule has 2 aliphatic heterocycles. The van der Waals surface area contributed by atoms with E-state index in [4.69, 9.17) is 4.98 Å². The highest BCUT2D eigenvalue weighted by atomic mass is 127. The van der Waals surface area contributed by atoms with Gasteiger partial charge in [0.1, 0.15) is 11.9 Å². The first-order valence-electron chi connectivity index (χ1n) is 18.1. The quantitative estimate of drug-likeness (QED) is 0.137. The number of hydrogen-bond acceptors (Lipinski definition) is 4. The summed E-state index contributed by atoms with van der Waals surface area (Å²) in [6, 6.07) is 41.9. The first-order valence-corrected chi connectivity index (χ1v) is 18.1. The predicted octanol–water partition coefficient (Wildman–Crippen LogP) is 7.18. The van der Waals surface area contributed by atoms with Crippen LogP contribution in [0.15, 0.2) is 134 Å². The van der Waals surface area contributed by atoms with Crippen LogP contribution in [0.25, 0.3) is 39.1 Å². The molecule has 6 nitrogen and oxygen atoms in total. The van der Waals surface area contributed by atoms with E-state index in [0.717, 1.165) is 29.1 Å². The summed E-state index contributed by atoms with van der Waals surface area (Å²) in [6.07, 6.45) is 7.29. The lowest BCUT2D eigenvalue weighted by Crippen LogP contribution is -3.00. The number of hydrogen-bond donors (Lipinski definition) is 0. The minimum absolute atomic E-state index is 0. The Balaban J connectivity index is 0.000000159. The van der Waals surface area contributed by atoms with Gasteiger partial charge in [-0.2, -0.15) is 4.57 Å². The van der Waals surface area contributed by atoms with Crippen LogP contribution in [-0.4, -0.2) is 26.7 Å². The molecule has 4 aromatic carbocycles. The molecular weight excluding hydrogens is 751 g/mol. The molecule has 0 radical (unpaired) electrons. The van der Waals surface area contributed by atoms with Gasteiger partial charge >= 0.3 is 0 Å². The zero-order valence-electron chi connectivity index (χ0n) is 30.7. The van der Waals surface area contributed by atoms with Crippen LogP contribution in [0.4, 0.5) is 17.2 Å². The van der Waals surface area contributed by atoms with Gasteiger partial charge in [0.2, 0.25) is 0 Å². The normalized spacial score (nSPS) is 14.2. The number of aryl methyl sites for hydroxylation is 2. The second-order valence-electron chi connectivity index (χ2n) is 14.3. The molecule has 0 fully saturated rings. The van der Waals surface area contributed by atoms with Gasteiger partial charge in [0, 0.05) is 30.5 Å². The summed E-state index contributed by atoms with van der Waals surface area (Å²) >= 11 is 0. The zero-order valence-corrected chi connectivity index (χ0v) is 32.9. The van der Waals surface area contributed by atoms with E-state index in [-0.39, 0.29) is 24.0 Å². The molecule has 0 N–H and O–H groups in total. The van der Waals surface area contributed by atoms with Crippen molar-refractivity contribution in [2.45, 2.75) is 66.2 Å². The fraction of sp³-hybridized carbons (Fsp3) is 0.222. The van der Waals surface area contributed by atoms with Gasteiger partial charge in [-0.1, -0.05) is 72.8 Å². The monoisotopic (exact) mass is 796 g/mol. The number of nitrogens with zero attached hydrogens (tertiary/aromatic N) is 6. The van der Waals surface area contributed by atoms with Crippen LogP contribution in [0.1, 0.15) is 50.4 Å². The molecule has 5 heterocycles. The van der Waals surface area contributed by atoms with Crippen LogP contribution in [0.3, 0.4) is 0 Å². The van der Waals surface area contributed by atoms with Crippen molar-refractivity contribution in [1.29, 1.82) is 0 Å². The molecule has 1 atom stereocenters. The fourth-order valence-corrected chi connectivity index (χ4v) is 7.85. The minimum atomic E-state index is 0. The smallest absolute Gasteiger partial charge is 0.273 e. The molecule has 7 aromatic rings. The number of imidazole rings is 1. The largest absolute Gasteiger partial charge is 1.00 e. The summed E-state index contributed by atoms with van der Waals surface area (Å²) in [5.41, 5.74) is 14.9. The summed E-state index contributed by atoms with van der Waals surface area (Å²) in [5, 5.41) is 0. The summed E-state index contributed by atoms with van der Waals surface area (Å²) in [4.78, 5) is 14.3. The summed E-state index contributed by atoms with van der Waals surface area (Å²) in [6.45, 7) is 13.3. The van der Waals surface area contributed by atoms with Crippen LogP contribution >= 0.6 is 0 Å². The van der Waals surface area contributed by atoms with Gasteiger partial charge < -0.3 is 33.8 Å². The molecule has 0 saturated carbocycles.